The van der Waals surface area contributed by atoms with Crippen molar-refractivity contribution in [2.24, 2.45) is 5.73 Å². The van der Waals surface area contributed by atoms with E-state index < -0.39 is 0 Å². The Labute approximate surface area is 92.1 Å². The summed E-state index contributed by atoms with van der Waals surface area (Å²) in [6.45, 7) is 6.54. The van der Waals surface area contributed by atoms with E-state index in [2.05, 4.69) is 36.9 Å². The smallest absolute Gasteiger partial charge is 0.0368 e. The van der Waals surface area contributed by atoms with Crippen LogP contribution in [-0.4, -0.2) is 13.1 Å². The molecule has 0 amide bonds. The summed E-state index contributed by atoms with van der Waals surface area (Å²) in [5.74, 6) is 0. The fourth-order valence-corrected chi connectivity index (χ4v) is 2.42. The zero-order valence-corrected chi connectivity index (χ0v) is 9.66. The van der Waals surface area contributed by atoms with E-state index >= 15 is 0 Å². The van der Waals surface area contributed by atoms with E-state index in [1.807, 2.05) is 0 Å². The van der Waals surface area contributed by atoms with Crippen LogP contribution < -0.4 is 10.6 Å². The topological polar surface area (TPSA) is 29.3 Å². The maximum Gasteiger partial charge on any atom is 0.0368 e. The maximum absolute atomic E-state index is 6.02. The summed E-state index contributed by atoms with van der Waals surface area (Å²) in [6, 6.07) is 7.00. The van der Waals surface area contributed by atoms with Gasteiger partial charge in [-0.15, -0.1) is 0 Å². The van der Waals surface area contributed by atoms with Gasteiger partial charge in [0.2, 0.25) is 0 Å². The molecule has 1 aromatic rings. The molecular weight excluding hydrogens is 184 g/mol. The van der Waals surface area contributed by atoms with Gasteiger partial charge >= 0.3 is 0 Å². The molecular formula is C13H20N2. The summed E-state index contributed by atoms with van der Waals surface area (Å²) in [4.78, 5) is 2.38. The van der Waals surface area contributed by atoms with Crippen molar-refractivity contribution in [1.82, 2.24) is 0 Å². The van der Waals surface area contributed by atoms with Crippen molar-refractivity contribution in [3.05, 3.63) is 29.3 Å². The average Bonchev–Trinajstić information content (AvgIpc) is 2.62. The molecule has 0 aromatic heterocycles. The minimum Gasteiger partial charge on any atom is -0.372 e. The highest BCUT2D eigenvalue weighted by Gasteiger charge is 2.19. The Hall–Kier alpha value is -1.02. The van der Waals surface area contributed by atoms with Gasteiger partial charge in [0, 0.05) is 24.8 Å². The predicted octanol–water partition coefficient (Wildman–Crippen LogP) is 2.48. The molecule has 1 aliphatic carbocycles. The van der Waals surface area contributed by atoms with Gasteiger partial charge in [0.1, 0.15) is 0 Å². The fraction of sp³-hybridized carbons (Fsp3) is 0.538. The Balaban J connectivity index is 2.30. The van der Waals surface area contributed by atoms with Gasteiger partial charge in [-0.1, -0.05) is 6.07 Å². The van der Waals surface area contributed by atoms with Crippen LogP contribution in [-0.2, 0) is 6.42 Å². The Bertz CT molecular complexity index is 342. The first-order valence-corrected chi connectivity index (χ1v) is 5.89. The van der Waals surface area contributed by atoms with Crippen molar-refractivity contribution in [2.75, 3.05) is 18.0 Å². The summed E-state index contributed by atoms with van der Waals surface area (Å²) in [7, 11) is 0. The number of aryl methyl sites for hydroxylation is 1. The maximum atomic E-state index is 6.02. The van der Waals surface area contributed by atoms with Crippen molar-refractivity contribution in [3.63, 3.8) is 0 Å². The number of anilines is 1. The monoisotopic (exact) mass is 204 g/mol. The number of nitrogens with two attached hydrogens (primary N) is 1. The van der Waals surface area contributed by atoms with E-state index in [0.29, 0.717) is 0 Å². The third kappa shape index (κ3) is 1.86. The van der Waals surface area contributed by atoms with Crippen molar-refractivity contribution < 1.29 is 0 Å². The number of nitrogens with zero attached hydrogens (tertiary/aromatic N) is 1. The minimum atomic E-state index is 0.269. The Morgan fingerprint density at radius 3 is 2.73 bits per heavy atom. The number of rotatable bonds is 3. The van der Waals surface area contributed by atoms with Crippen LogP contribution in [0.15, 0.2) is 18.2 Å². The zero-order valence-electron chi connectivity index (χ0n) is 9.66. The summed E-state index contributed by atoms with van der Waals surface area (Å²) >= 11 is 0. The van der Waals surface area contributed by atoms with E-state index in [9.17, 15) is 0 Å². The summed E-state index contributed by atoms with van der Waals surface area (Å²) in [5, 5.41) is 0. The normalized spacial score (nSPS) is 19.0. The van der Waals surface area contributed by atoms with Gasteiger partial charge in [0.05, 0.1) is 0 Å². The van der Waals surface area contributed by atoms with Gasteiger partial charge < -0.3 is 10.6 Å². The molecule has 0 bridgehead atoms. The predicted molar refractivity (Wildman–Crippen MR) is 65.3 cm³/mol. The lowest BCUT2D eigenvalue weighted by atomic mass is 10.1. The summed E-state index contributed by atoms with van der Waals surface area (Å²) in [5.41, 5.74) is 10.2. The average molecular weight is 204 g/mol. The zero-order chi connectivity index (χ0) is 10.8. The molecule has 1 aliphatic rings. The van der Waals surface area contributed by atoms with Gasteiger partial charge in [-0.25, -0.2) is 0 Å². The molecule has 2 heteroatoms. The molecule has 1 atom stereocenters. The first kappa shape index (κ1) is 10.5. The highest BCUT2D eigenvalue weighted by molar-refractivity contribution is 5.52. The minimum absolute atomic E-state index is 0.269. The van der Waals surface area contributed by atoms with Gasteiger partial charge in [0.25, 0.3) is 0 Å². The van der Waals surface area contributed by atoms with Crippen molar-refractivity contribution in [3.8, 4) is 0 Å². The summed E-state index contributed by atoms with van der Waals surface area (Å²) < 4.78 is 0. The van der Waals surface area contributed by atoms with Gasteiger partial charge in [-0.3, -0.25) is 0 Å². The fourth-order valence-electron chi connectivity index (χ4n) is 2.42. The molecule has 2 N–H and O–H groups in total. The molecule has 2 rings (SSSR count). The molecule has 0 spiro atoms. The van der Waals surface area contributed by atoms with Crippen LogP contribution in [0.1, 0.15) is 37.4 Å². The Morgan fingerprint density at radius 1 is 1.33 bits per heavy atom. The molecule has 0 radical (unpaired) electrons. The first-order valence-electron chi connectivity index (χ1n) is 5.89. The summed E-state index contributed by atoms with van der Waals surface area (Å²) in [6.07, 6.45) is 2.25. The van der Waals surface area contributed by atoms with Crippen LogP contribution in [0, 0.1) is 0 Å². The van der Waals surface area contributed by atoms with Gasteiger partial charge in [-0.05, 0) is 49.9 Å². The standard InChI is InChI=1S/C13H20N2/c1-3-15(4-2)11-6-7-12-10(9-11)5-8-13(12)14/h6-7,9,13H,3-5,8,14H2,1-2H3. The molecule has 0 aliphatic heterocycles. The second kappa shape index (κ2) is 4.23. The first-order chi connectivity index (χ1) is 7.26. The van der Waals surface area contributed by atoms with E-state index in [4.69, 9.17) is 5.73 Å². The molecule has 1 aromatic carbocycles. The number of hydrogen-bond acceptors (Lipinski definition) is 2. The van der Waals surface area contributed by atoms with E-state index in [1.54, 1.807) is 0 Å². The van der Waals surface area contributed by atoms with Crippen LogP contribution in [0.3, 0.4) is 0 Å². The number of benzene rings is 1. The van der Waals surface area contributed by atoms with Gasteiger partial charge in [0.15, 0.2) is 0 Å². The third-order valence-corrected chi connectivity index (χ3v) is 3.38. The number of fused-ring (bicyclic) bond motifs is 1. The molecule has 82 valence electrons. The quantitative estimate of drug-likeness (QED) is 0.819. The second-order valence-electron chi connectivity index (χ2n) is 4.20. The highest BCUT2D eigenvalue weighted by atomic mass is 15.1. The van der Waals surface area contributed by atoms with Crippen molar-refractivity contribution >= 4 is 5.69 Å². The molecule has 15 heavy (non-hydrogen) atoms. The third-order valence-electron chi connectivity index (χ3n) is 3.38. The molecule has 0 saturated heterocycles. The van der Waals surface area contributed by atoms with Crippen molar-refractivity contribution in [1.29, 1.82) is 0 Å². The number of hydrogen-bond donors (Lipinski definition) is 1. The molecule has 0 fully saturated rings. The lowest BCUT2D eigenvalue weighted by molar-refractivity contribution is 0.713. The lowest BCUT2D eigenvalue weighted by Gasteiger charge is -2.22. The van der Waals surface area contributed by atoms with Crippen LogP contribution >= 0.6 is 0 Å². The van der Waals surface area contributed by atoms with E-state index in [-0.39, 0.29) is 6.04 Å². The van der Waals surface area contributed by atoms with Gasteiger partial charge in [-0.2, -0.15) is 0 Å². The largest absolute Gasteiger partial charge is 0.372 e. The molecule has 0 saturated carbocycles. The molecule has 0 heterocycles. The van der Waals surface area contributed by atoms with Crippen LogP contribution in [0.2, 0.25) is 0 Å². The van der Waals surface area contributed by atoms with Crippen molar-refractivity contribution in [2.45, 2.75) is 32.7 Å². The van der Waals surface area contributed by atoms with E-state index in [0.717, 1.165) is 25.9 Å². The highest BCUT2D eigenvalue weighted by Crippen LogP contribution is 2.32. The van der Waals surface area contributed by atoms with Crippen LogP contribution in [0.5, 0.6) is 0 Å². The SMILES string of the molecule is CCN(CC)c1ccc2c(c1)CCC2N. The van der Waals surface area contributed by atoms with Crippen LogP contribution in [0.4, 0.5) is 5.69 Å². The lowest BCUT2D eigenvalue weighted by Crippen LogP contribution is -2.21. The second-order valence-corrected chi connectivity index (χ2v) is 4.20. The molecule has 2 nitrogen and oxygen atoms in total. The molecule has 1 unspecified atom stereocenters. The van der Waals surface area contributed by atoms with E-state index in [1.165, 1.54) is 16.8 Å². The Kier molecular flexibility index (Phi) is 2.96. The Morgan fingerprint density at radius 2 is 2.07 bits per heavy atom. The van der Waals surface area contributed by atoms with Crippen LogP contribution in [0.25, 0.3) is 0 Å².